The number of rotatable bonds is 6. The van der Waals surface area contributed by atoms with Crippen molar-refractivity contribution in [2.75, 3.05) is 13.2 Å². The molecule has 0 aromatic heterocycles. The number of hydrogen-bond donors (Lipinski definition) is 1. The van der Waals surface area contributed by atoms with Gasteiger partial charge in [-0.3, -0.25) is 0 Å². The maximum Gasteiger partial charge on any atom is 0.174 e. The van der Waals surface area contributed by atoms with Gasteiger partial charge in [-0.1, -0.05) is 24.3 Å². The molecule has 1 aliphatic carbocycles. The summed E-state index contributed by atoms with van der Waals surface area (Å²) >= 11 is 0. The normalized spacial score (nSPS) is 19.3. The van der Waals surface area contributed by atoms with Crippen LogP contribution in [0.25, 0.3) is 0 Å². The zero-order valence-electron chi connectivity index (χ0n) is 12.0. The van der Waals surface area contributed by atoms with Crippen molar-refractivity contribution in [3.8, 4) is 11.8 Å². The highest BCUT2D eigenvalue weighted by Crippen LogP contribution is 2.20. The SMILES string of the molecule is CC(NCC1CC=CCC1)c1ccc(OCC#N)cc1. The Bertz CT molecular complexity index is 473. The second kappa shape index (κ2) is 7.72. The van der Waals surface area contributed by atoms with Gasteiger partial charge in [-0.05, 0) is 56.3 Å². The molecule has 2 atom stereocenters. The molecule has 0 amide bonds. The first-order valence-electron chi connectivity index (χ1n) is 7.27. The number of ether oxygens (including phenoxy) is 1. The van der Waals surface area contributed by atoms with Gasteiger partial charge in [-0.25, -0.2) is 0 Å². The van der Waals surface area contributed by atoms with Crippen LogP contribution in [0.3, 0.4) is 0 Å². The quantitative estimate of drug-likeness (QED) is 0.803. The van der Waals surface area contributed by atoms with Crippen molar-refractivity contribution in [1.29, 1.82) is 5.26 Å². The topological polar surface area (TPSA) is 45.0 Å². The lowest BCUT2D eigenvalue weighted by atomic mass is 9.94. The van der Waals surface area contributed by atoms with Gasteiger partial charge in [0.25, 0.3) is 0 Å². The first-order chi connectivity index (χ1) is 9.79. The van der Waals surface area contributed by atoms with Gasteiger partial charge < -0.3 is 10.1 Å². The van der Waals surface area contributed by atoms with E-state index in [4.69, 9.17) is 10.00 Å². The molecule has 1 aliphatic rings. The van der Waals surface area contributed by atoms with Crippen LogP contribution in [-0.2, 0) is 0 Å². The van der Waals surface area contributed by atoms with E-state index in [1.54, 1.807) is 0 Å². The van der Waals surface area contributed by atoms with Gasteiger partial charge in [-0.2, -0.15) is 5.26 Å². The Morgan fingerprint density at radius 2 is 2.15 bits per heavy atom. The number of nitrogens with zero attached hydrogens (tertiary/aromatic N) is 1. The fourth-order valence-electron chi connectivity index (χ4n) is 2.47. The lowest BCUT2D eigenvalue weighted by molar-refractivity contribution is 0.367. The molecule has 0 radical (unpaired) electrons. The largest absolute Gasteiger partial charge is 0.479 e. The maximum atomic E-state index is 8.47. The molecule has 2 rings (SSSR count). The van der Waals surface area contributed by atoms with Crippen molar-refractivity contribution in [2.24, 2.45) is 5.92 Å². The molecule has 0 fully saturated rings. The standard InChI is InChI=1S/C17H22N2O/c1-14(19-13-15-5-3-2-4-6-15)16-7-9-17(10-8-16)20-12-11-18/h2-3,7-10,14-15,19H,4-6,12-13H2,1H3. The van der Waals surface area contributed by atoms with E-state index < -0.39 is 0 Å². The van der Waals surface area contributed by atoms with E-state index in [0.29, 0.717) is 6.04 Å². The molecule has 0 heterocycles. The summed E-state index contributed by atoms with van der Waals surface area (Å²) in [4.78, 5) is 0. The molecule has 0 saturated heterocycles. The molecule has 20 heavy (non-hydrogen) atoms. The third-order valence-corrected chi connectivity index (χ3v) is 3.77. The summed E-state index contributed by atoms with van der Waals surface area (Å²) in [6.07, 6.45) is 8.27. The number of benzene rings is 1. The van der Waals surface area contributed by atoms with Crippen LogP contribution in [0.4, 0.5) is 0 Å². The second-order valence-electron chi connectivity index (χ2n) is 5.30. The molecule has 2 unspecified atom stereocenters. The van der Waals surface area contributed by atoms with E-state index in [-0.39, 0.29) is 6.61 Å². The van der Waals surface area contributed by atoms with Gasteiger partial charge in [0.2, 0.25) is 0 Å². The van der Waals surface area contributed by atoms with Gasteiger partial charge in [-0.15, -0.1) is 0 Å². The van der Waals surface area contributed by atoms with Crippen molar-refractivity contribution in [3.63, 3.8) is 0 Å². The molecule has 0 aliphatic heterocycles. The van der Waals surface area contributed by atoms with Gasteiger partial charge in [0, 0.05) is 6.04 Å². The highest BCUT2D eigenvalue weighted by atomic mass is 16.5. The lowest BCUT2D eigenvalue weighted by Gasteiger charge is -2.21. The zero-order chi connectivity index (χ0) is 14.2. The molecule has 0 bridgehead atoms. The van der Waals surface area contributed by atoms with Gasteiger partial charge in [0.1, 0.15) is 11.8 Å². The number of nitriles is 1. The lowest BCUT2D eigenvalue weighted by Crippen LogP contribution is -2.26. The third-order valence-electron chi connectivity index (χ3n) is 3.77. The van der Waals surface area contributed by atoms with E-state index in [2.05, 4.69) is 36.5 Å². The Morgan fingerprint density at radius 3 is 2.80 bits per heavy atom. The number of allylic oxidation sites excluding steroid dienone is 2. The summed E-state index contributed by atoms with van der Waals surface area (Å²) in [6, 6.07) is 10.3. The number of nitrogens with one attached hydrogen (secondary N) is 1. The van der Waals surface area contributed by atoms with E-state index >= 15 is 0 Å². The van der Waals surface area contributed by atoms with E-state index in [0.717, 1.165) is 18.2 Å². The van der Waals surface area contributed by atoms with Gasteiger partial charge in [0.15, 0.2) is 6.61 Å². The Balaban J connectivity index is 1.81. The predicted molar refractivity (Wildman–Crippen MR) is 80.4 cm³/mol. The molecule has 1 aromatic carbocycles. The van der Waals surface area contributed by atoms with Gasteiger partial charge in [0.05, 0.1) is 0 Å². The average Bonchev–Trinajstić information content (AvgIpc) is 2.52. The summed E-state index contributed by atoms with van der Waals surface area (Å²) < 4.78 is 5.26. The van der Waals surface area contributed by atoms with Crippen LogP contribution in [-0.4, -0.2) is 13.2 Å². The van der Waals surface area contributed by atoms with E-state index in [1.807, 2.05) is 18.2 Å². The Kier molecular flexibility index (Phi) is 5.64. The fourth-order valence-corrected chi connectivity index (χ4v) is 2.47. The molecular formula is C17H22N2O. The maximum absolute atomic E-state index is 8.47. The Hall–Kier alpha value is -1.79. The van der Waals surface area contributed by atoms with Gasteiger partial charge >= 0.3 is 0 Å². The summed E-state index contributed by atoms with van der Waals surface area (Å²) in [5.74, 6) is 1.51. The summed E-state index contributed by atoms with van der Waals surface area (Å²) in [7, 11) is 0. The molecule has 3 nitrogen and oxygen atoms in total. The average molecular weight is 270 g/mol. The molecule has 0 spiro atoms. The van der Waals surface area contributed by atoms with Crippen molar-refractivity contribution < 1.29 is 4.74 Å². The fraction of sp³-hybridized carbons (Fsp3) is 0.471. The highest BCUT2D eigenvalue weighted by molar-refractivity contribution is 5.29. The minimum Gasteiger partial charge on any atom is -0.479 e. The molecular weight excluding hydrogens is 248 g/mol. The molecule has 3 heteroatoms. The van der Waals surface area contributed by atoms with Crippen LogP contribution in [0.5, 0.6) is 5.75 Å². The van der Waals surface area contributed by atoms with E-state index in [9.17, 15) is 0 Å². The summed E-state index contributed by atoms with van der Waals surface area (Å²) in [5, 5.41) is 12.1. The first kappa shape index (κ1) is 14.6. The van der Waals surface area contributed by atoms with E-state index in [1.165, 1.54) is 24.8 Å². The Morgan fingerprint density at radius 1 is 1.35 bits per heavy atom. The molecule has 1 aromatic rings. The van der Waals surface area contributed by atoms with Crippen molar-refractivity contribution in [1.82, 2.24) is 5.32 Å². The van der Waals surface area contributed by atoms with Crippen molar-refractivity contribution in [3.05, 3.63) is 42.0 Å². The van der Waals surface area contributed by atoms with Crippen molar-refractivity contribution in [2.45, 2.75) is 32.2 Å². The van der Waals surface area contributed by atoms with Crippen LogP contribution in [0, 0.1) is 17.2 Å². The smallest absolute Gasteiger partial charge is 0.174 e. The van der Waals surface area contributed by atoms with Crippen LogP contribution >= 0.6 is 0 Å². The highest BCUT2D eigenvalue weighted by Gasteiger charge is 2.12. The monoisotopic (exact) mass is 270 g/mol. The number of hydrogen-bond acceptors (Lipinski definition) is 3. The molecule has 1 N–H and O–H groups in total. The minimum atomic E-state index is 0.0996. The van der Waals surface area contributed by atoms with Crippen LogP contribution < -0.4 is 10.1 Å². The first-order valence-corrected chi connectivity index (χ1v) is 7.27. The minimum absolute atomic E-state index is 0.0996. The van der Waals surface area contributed by atoms with Crippen LogP contribution in [0.15, 0.2) is 36.4 Å². The van der Waals surface area contributed by atoms with Crippen molar-refractivity contribution >= 4 is 0 Å². The second-order valence-corrected chi connectivity index (χ2v) is 5.30. The Labute approximate surface area is 121 Å². The zero-order valence-corrected chi connectivity index (χ0v) is 12.0. The molecule has 0 saturated carbocycles. The van der Waals surface area contributed by atoms with Crippen LogP contribution in [0.1, 0.15) is 37.8 Å². The summed E-state index contributed by atoms with van der Waals surface area (Å²) in [5.41, 5.74) is 1.25. The third kappa shape index (κ3) is 4.40. The van der Waals surface area contributed by atoms with Crippen LogP contribution in [0.2, 0.25) is 0 Å². The summed E-state index contributed by atoms with van der Waals surface area (Å²) in [6.45, 7) is 3.35. The predicted octanol–water partition coefficient (Wildman–Crippen LogP) is 3.60. The molecule has 106 valence electrons.